The molecule has 0 saturated carbocycles. The van der Waals surface area contributed by atoms with Crippen LogP contribution in [0.25, 0.3) is 49.7 Å². The number of benzene rings is 3. The van der Waals surface area contributed by atoms with Gasteiger partial charge in [0, 0.05) is 30.4 Å². The van der Waals surface area contributed by atoms with E-state index in [0.717, 1.165) is 16.8 Å². The molecule has 0 spiro atoms. The molecule has 0 amide bonds. The highest BCUT2D eigenvalue weighted by Gasteiger charge is 2.18. The van der Waals surface area contributed by atoms with Gasteiger partial charge >= 0.3 is 0 Å². The van der Waals surface area contributed by atoms with Crippen molar-refractivity contribution in [3.8, 4) is 0 Å². The minimum Gasteiger partial charge on any atom is -0.344 e. The lowest BCUT2D eigenvalue weighted by Crippen LogP contribution is -1.87. The zero-order valence-electron chi connectivity index (χ0n) is 14.1. The van der Waals surface area contributed by atoms with Crippen LogP contribution in [-0.4, -0.2) is 18.5 Å². The van der Waals surface area contributed by atoms with Crippen molar-refractivity contribution in [2.75, 3.05) is 0 Å². The number of hydrogen-bond donors (Lipinski definition) is 0. The van der Waals surface area contributed by atoms with Gasteiger partial charge in [0.25, 0.3) is 0 Å². The fourth-order valence-corrected chi connectivity index (χ4v) is 4.28. The van der Waals surface area contributed by atoms with Gasteiger partial charge in [0.05, 0.1) is 22.1 Å². The number of nitrogens with zero attached hydrogens (tertiary/aromatic N) is 4. The number of aromatic nitrogens is 4. The van der Waals surface area contributed by atoms with Crippen LogP contribution in [0.4, 0.5) is 0 Å². The second-order valence-corrected chi connectivity index (χ2v) is 6.70. The molecule has 0 bridgehead atoms. The second-order valence-electron chi connectivity index (χ2n) is 6.70. The summed E-state index contributed by atoms with van der Waals surface area (Å²) in [5.74, 6) is 0.983. The van der Waals surface area contributed by atoms with E-state index in [1.54, 1.807) is 0 Å². The van der Waals surface area contributed by atoms with Crippen molar-refractivity contribution < 1.29 is 0 Å². The Kier molecular flexibility index (Phi) is 2.21. The number of imidazole rings is 2. The normalized spacial score (nSPS) is 12.4. The maximum Gasteiger partial charge on any atom is 0.215 e. The second kappa shape index (κ2) is 4.22. The van der Waals surface area contributed by atoms with E-state index < -0.39 is 0 Å². The highest BCUT2D eigenvalue weighted by molar-refractivity contribution is 6.19. The highest BCUT2D eigenvalue weighted by Crippen LogP contribution is 2.35. The summed E-state index contributed by atoms with van der Waals surface area (Å²) in [5.41, 5.74) is 7.10. The molecule has 0 aliphatic carbocycles. The average Bonchev–Trinajstić information content (AvgIpc) is 3.26. The van der Waals surface area contributed by atoms with Crippen LogP contribution in [-0.2, 0) is 14.1 Å². The molecule has 4 heteroatoms. The predicted molar refractivity (Wildman–Crippen MR) is 103 cm³/mol. The number of rotatable bonds is 0. The quantitative estimate of drug-likeness (QED) is 0.400. The van der Waals surface area contributed by atoms with E-state index >= 15 is 0 Å². The number of hydrogen-bond acceptors (Lipinski definition) is 1. The summed E-state index contributed by atoms with van der Waals surface area (Å²) in [4.78, 5) is 5.06. The Hall–Kier alpha value is -3.27. The molecule has 6 aromatic rings. The molecule has 3 aromatic carbocycles. The Morgan fingerprint density at radius 2 is 1.32 bits per heavy atom. The first kappa shape index (κ1) is 13.1. The number of fused-ring (bicyclic) bond motifs is 9. The third-order valence-corrected chi connectivity index (χ3v) is 5.47. The van der Waals surface area contributed by atoms with Crippen LogP contribution in [0.15, 0.2) is 60.7 Å². The van der Waals surface area contributed by atoms with Gasteiger partial charge < -0.3 is 9.13 Å². The van der Waals surface area contributed by atoms with Crippen LogP contribution in [0.3, 0.4) is 0 Å². The maximum atomic E-state index is 5.06. The number of aryl methyl sites for hydroxylation is 2. The standard InChI is InChI=1S/C21H16N4/c1-23-14-8-4-3-7-13(14)19-17(23)11-12-18-20(19)22-21-24(2)15-9-5-6-10-16(15)25(18)21/h3-12H,1-2H3. The molecule has 0 unspecified atom stereocenters. The predicted octanol–water partition coefficient (Wildman–Crippen LogP) is 4.62. The van der Waals surface area contributed by atoms with E-state index in [9.17, 15) is 0 Å². The monoisotopic (exact) mass is 324 g/mol. The van der Waals surface area contributed by atoms with Gasteiger partial charge in [0.15, 0.2) is 0 Å². The molecular formula is C21H16N4. The molecule has 3 heterocycles. The third kappa shape index (κ3) is 1.41. The largest absolute Gasteiger partial charge is 0.344 e. The van der Waals surface area contributed by atoms with Crippen molar-refractivity contribution in [1.29, 1.82) is 0 Å². The van der Waals surface area contributed by atoms with Crippen molar-refractivity contribution in [1.82, 2.24) is 18.5 Å². The van der Waals surface area contributed by atoms with E-state index in [1.807, 2.05) is 0 Å². The fourth-order valence-electron chi connectivity index (χ4n) is 4.28. The van der Waals surface area contributed by atoms with Gasteiger partial charge in [-0.3, -0.25) is 4.40 Å². The lowest BCUT2D eigenvalue weighted by molar-refractivity contribution is 0.974. The van der Waals surface area contributed by atoms with Gasteiger partial charge in [-0.05, 0) is 30.3 Å². The summed E-state index contributed by atoms with van der Waals surface area (Å²) < 4.78 is 6.70. The zero-order chi connectivity index (χ0) is 16.7. The molecule has 0 N–H and O–H groups in total. The summed E-state index contributed by atoms with van der Waals surface area (Å²) in [6.45, 7) is 0. The van der Waals surface area contributed by atoms with Gasteiger partial charge in [0.2, 0.25) is 5.78 Å². The van der Waals surface area contributed by atoms with Crippen molar-refractivity contribution in [3.05, 3.63) is 60.7 Å². The Bertz CT molecular complexity index is 1460. The van der Waals surface area contributed by atoms with Gasteiger partial charge in [0.1, 0.15) is 5.52 Å². The molecular weight excluding hydrogens is 308 g/mol. The fraction of sp³-hybridized carbons (Fsp3) is 0.0952. The Morgan fingerprint density at radius 1 is 0.640 bits per heavy atom. The van der Waals surface area contributed by atoms with Crippen molar-refractivity contribution in [2.45, 2.75) is 0 Å². The first-order valence-corrected chi connectivity index (χ1v) is 8.47. The molecule has 4 nitrogen and oxygen atoms in total. The molecule has 25 heavy (non-hydrogen) atoms. The molecule has 0 aliphatic rings. The Balaban J connectivity index is 1.95. The van der Waals surface area contributed by atoms with Crippen LogP contribution in [0, 0.1) is 0 Å². The molecule has 0 saturated heterocycles. The zero-order valence-corrected chi connectivity index (χ0v) is 14.1. The van der Waals surface area contributed by atoms with Crippen molar-refractivity contribution in [3.63, 3.8) is 0 Å². The van der Waals surface area contributed by atoms with Crippen LogP contribution in [0.5, 0.6) is 0 Å². The molecule has 3 aromatic heterocycles. The van der Waals surface area contributed by atoms with Crippen molar-refractivity contribution >= 4 is 49.7 Å². The average molecular weight is 324 g/mol. The van der Waals surface area contributed by atoms with E-state index in [-0.39, 0.29) is 0 Å². The molecule has 0 fully saturated rings. The summed E-state index contributed by atoms with van der Waals surface area (Å²) in [5, 5.41) is 2.50. The van der Waals surface area contributed by atoms with Crippen LogP contribution in [0.2, 0.25) is 0 Å². The van der Waals surface area contributed by atoms with Gasteiger partial charge in [-0.1, -0.05) is 30.3 Å². The van der Waals surface area contributed by atoms with E-state index in [4.69, 9.17) is 4.98 Å². The van der Waals surface area contributed by atoms with E-state index in [1.165, 1.54) is 32.8 Å². The smallest absolute Gasteiger partial charge is 0.215 e. The molecule has 120 valence electrons. The van der Waals surface area contributed by atoms with E-state index in [0.29, 0.717) is 0 Å². The Morgan fingerprint density at radius 3 is 2.16 bits per heavy atom. The van der Waals surface area contributed by atoms with E-state index in [2.05, 4.69) is 88.3 Å². The maximum absolute atomic E-state index is 5.06. The summed E-state index contributed by atoms with van der Waals surface area (Å²) in [7, 11) is 4.21. The lowest BCUT2D eigenvalue weighted by atomic mass is 10.1. The van der Waals surface area contributed by atoms with Gasteiger partial charge in [-0.2, -0.15) is 0 Å². The molecule has 0 atom stereocenters. The first-order valence-electron chi connectivity index (χ1n) is 8.47. The van der Waals surface area contributed by atoms with Crippen LogP contribution < -0.4 is 0 Å². The first-order chi connectivity index (χ1) is 12.3. The number of para-hydroxylation sites is 3. The molecule has 0 aliphatic heterocycles. The SMILES string of the molecule is Cn1c2ccccc2c2c3nc4n(C)c5ccccc5n4c3ccc21. The minimum absolute atomic E-state index is 0.983. The Labute approximate surface area is 143 Å². The lowest BCUT2D eigenvalue weighted by Gasteiger charge is -1.99. The van der Waals surface area contributed by atoms with Crippen LogP contribution in [0.1, 0.15) is 0 Å². The highest BCUT2D eigenvalue weighted by atomic mass is 15.2. The minimum atomic E-state index is 0.983. The summed E-state index contributed by atoms with van der Waals surface area (Å²) in [6, 6.07) is 21.4. The summed E-state index contributed by atoms with van der Waals surface area (Å²) >= 11 is 0. The van der Waals surface area contributed by atoms with Crippen LogP contribution >= 0.6 is 0 Å². The summed E-state index contributed by atoms with van der Waals surface area (Å²) in [6.07, 6.45) is 0. The van der Waals surface area contributed by atoms with Gasteiger partial charge in [-0.25, -0.2) is 4.98 Å². The topological polar surface area (TPSA) is 27.2 Å². The third-order valence-electron chi connectivity index (χ3n) is 5.47. The molecule has 6 rings (SSSR count). The van der Waals surface area contributed by atoms with Gasteiger partial charge in [-0.15, -0.1) is 0 Å². The molecule has 0 radical (unpaired) electrons. The van der Waals surface area contributed by atoms with Crippen molar-refractivity contribution in [2.24, 2.45) is 14.1 Å².